The summed E-state index contributed by atoms with van der Waals surface area (Å²) in [5, 5.41) is 3.62. The van der Waals surface area contributed by atoms with Crippen molar-refractivity contribution in [3.8, 4) is 5.69 Å². The van der Waals surface area contributed by atoms with Crippen LogP contribution in [-0.2, 0) is 11.3 Å². The maximum atomic E-state index is 12.9. The molecule has 2 heterocycles. The number of halogens is 2. The van der Waals surface area contributed by atoms with Crippen molar-refractivity contribution in [1.82, 2.24) is 14.8 Å². The van der Waals surface area contributed by atoms with Gasteiger partial charge in [0.25, 0.3) is 5.91 Å². The number of amides is 3. The highest BCUT2D eigenvalue weighted by Crippen LogP contribution is 2.32. The molecule has 0 saturated carbocycles. The summed E-state index contributed by atoms with van der Waals surface area (Å²) >= 11 is 12.6. The maximum absolute atomic E-state index is 12.9. The third-order valence-corrected chi connectivity index (χ3v) is 6.17. The van der Waals surface area contributed by atoms with E-state index in [0.717, 1.165) is 33.8 Å². The predicted molar refractivity (Wildman–Crippen MR) is 124 cm³/mol. The summed E-state index contributed by atoms with van der Waals surface area (Å²) in [6.07, 6.45) is 1.70. The van der Waals surface area contributed by atoms with Gasteiger partial charge < -0.3 is 9.88 Å². The van der Waals surface area contributed by atoms with Crippen molar-refractivity contribution in [2.24, 2.45) is 0 Å². The lowest BCUT2D eigenvalue weighted by molar-refractivity contribution is -0.123. The van der Waals surface area contributed by atoms with Crippen LogP contribution >= 0.6 is 23.2 Å². The minimum Gasteiger partial charge on any atom is -0.316 e. The number of nitrogens with zero attached hydrogens (tertiary/aromatic N) is 2. The molecular formula is C24H21Cl2N3O2. The summed E-state index contributed by atoms with van der Waals surface area (Å²) in [5.41, 5.74) is 5.65. The van der Waals surface area contributed by atoms with Crippen LogP contribution in [0.5, 0.6) is 0 Å². The van der Waals surface area contributed by atoms with Crippen LogP contribution in [-0.4, -0.2) is 21.4 Å². The Morgan fingerprint density at radius 1 is 1.00 bits per heavy atom. The van der Waals surface area contributed by atoms with E-state index in [4.69, 9.17) is 23.2 Å². The minimum atomic E-state index is -0.427. The molecule has 0 spiro atoms. The fraction of sp³-hybridized carbons (Fsp3) is 0.167. The summed E-state index contributed by atoms with van der Waals surface area (Å²) in [7, 11) is 0. The highest BCUT2D eigenvalue weighted by Gasteiger charge is 2.33. The molecule has 7 heteroatoms. The van der Waals surface area contributed by atoms with Crippen molar-refractivity contribution in [2.45, 2.75) is 27.3 Å². The summed E-state index contributed by atoms with van der Waals surface area (Å²) < 4.78 is 1.98. The second kappa shape index (κ2) is 8.25. The van der Waals surface area contributed by atoms with Crippen LogP contribution in [0.2, 0.25) is 10.0 Å². The van der Waals surface area contributed by atoms with Gasteiger partial charge in [-0.2, -0.15) is 0 Å². The zero-order valence-corrected chi connectivity index (χ0v) is 18.9. The van der Waals surface area contributed by atoms with Crippen molar-refractivity contribution in [1.29, 1.82) is 0 Å². The van der Waals surface area contributed by atoms with E-state index in [2.05, 4.69) is 5.32 Å². The van der Waals surface area contributed by atoms with Crippen molar-refractivity contribution < 1.29 is 9.59 Å². The molecule has 1 N–H and O–H groups in total. The molecule has 1 aliphatic heterocycles. The summed E-state index contributed by atoms with van der Waals surface area (Å²) in [4.78, 5) is 26.5. The Labute approximate surface area is 190 Å². The molecule has 4 rings (SSSR count). The molecule has 1 aromatic heterocycles. The Bertz CT molecular complexity index is 1230. The smallest absolute Gasteiger partial charge is 0.316 e. The van der Waals surface area contributed by atoms with Gasteiger partial charge in [0.1, 0.15) is 5.70 Å². The molecule has 3 aromatic rings. The molecule has 2 aromatic carbocycles. The van der Waals surface area contributed by atoms with Gasteiger partial charge in [0.2, 0.25) is 0 Å². The number of nitrogens with one attached hydrogen (secondary N) is 1. The van der Waals surface area contributed by atoms with E-state index in [-0.39, 0.29) is 18.1 Å². The predicted octanol–water partition coefficient (Wildman–Crippen LogP) is 5.80. The molecule has 1 aliphatic rings. The molecule has 0 radical (unpaired) electrons. The van der Waals surface area contributed by atoms with E-state index in [1.807, 2.05) is 67.8 Å². The first kappa shape index (κ1) is 21.2. The fourth-order valence-electron chi connectivity index (χ4n) is 3.72. The second-order valence-electron chi connectivity index (χ2n) is 7.60. The van der Waals surface area contributed by atoms with Gasteiger partial charge in [0.05, 0.1) is 22.3 Å². The van der Waals surface area contributed by atoms with Crippen LogP contribution in [0.3, 0.4) is 0 Å². The van der Waals surface area contributed by atoms with Crippen molar-refractivity contribution in [3.05, 3.63) is 92.4 Å². The van der Waals surface area contributed by atoms with Crippen LogP contribution in [0.4, 0.5) is 4.79 Å². The Morgan fingerprint density at radius 2 is 1.71 bits per heavy atom. The number of carbonyl (C=O) groups is 2. The van der Waals surface area contributed by atoms with E-state index in [1.54, 1.807) is 12.1 Å². The number of hydrogen-bond acceptors (Lipinski definition) is 2. The molecule has 158 valence electrons. The van der Waals surface area contributed by atoms with Crippen LogP contribution in [0, 0.1) is 20.8 Å². The first-order valence-corrected chi connectivity index (χ1v) is 10.6. The molecule has 3 amide bonds. The Kier molecular flexibility index (Phi) is 5.65. The van der Waals surface area contributed by atoms with Gasteiger partial charge in [0, 0.05) is 11.4 Å². The van der Waals surface area contributed by atoms with Gasteiger partial charge in [-0.05, 0) is 56.2 Å². The van der Waals surface area contributed by atoms with E-state index in [1.165, 1.54) is 4.90 Å². The Balaban J connectivity index is 1.65. The van der Waals surface area contributed by atoms with E-state index in [9.17, 15) is 9.59 Å². The number of urea groups is 1. The fourth-order valence-corrected chi connectivity index (χ4v) is 4.10. The quantitative estimate of drug-likeness (QED) is 0.400. The SMILES string of the molecule is Cc1ccc(CN2C(=O)N/C(=C/c3cc(C)n(-c4cccc(Cl)c4Cl)c3C)C2=O)cc1. The van der Waals surface area contributed by atoms with Crippen molar-refractivity contribution in [2.75, 3.05) is 0 Å². The van der Waals surface area contributed by atoms with E-state index < -0.39 is 6.03 Å². The van der Waals surface area contributed by atoms with Crippen LogP contribution < -0.4 is 5.32 Å². The number of rotatable bonds is 4. The van der Waals surface area contributed by atoms with E-state index >= 15 is 0 Å². The molecule has 0 aliphatic carbocycles. The van der Waals surface area contributed by atoms with Gasteiger partial charge in [-0.3, -0.25) is 9.69 Å². The lowest BCUT2D eigenvalue weighted by Crippen LogP contribution is -2.30. The maximum Gasteiger partial charge on any atom is 0.329 e. The number of aromatic nitrogens is 1. The molecule has 1 saturated heterocycles. The normalized spacial score (nSPS) is 15.1. The topological polar surface area (TPSA) is 54.3 Å². The molecule has 0 atom stereocenters. The lowest BCUT2D eigenvalue weighted by atomic mass is 10.1. The number of benzene rings is 2. The average molecular weight is 454 g/mol. The lowest BCUT2D eigenvalue weighted by Gasteiger charge is -2.12. The highest BCUT2D eigenvalue weighted by atomic mass is 35.5. The molecule has 31 heavy (non-hydrogen) atoms. The second-order valence-corrected chi connectivity index (χ2v) is 8.39. The summed E-state index contributed by atoms with van der Waals surface area (Å²) in [6.45, 7) is 6.09. The Hall–Kier alpha value is -3.02. The highest BCUT2D eigenvalue weighted by molar-refractivity contribution is 6.43. The third-order valence-electron chi connectivity index (χ3n) is 5.37. The van der Waals surface area contributed by atoms with Gasteiger partial charge in [-0.1, -0.05) is 59.1 Å². The first-order valence-electron chi connectivity index (χ1n) is 9.79. The third kappa shape index (κ3) is 3.99. The molecular weight excluding hydrogens is 433 g/mol. The molecule has 0 unspecified atom stereocenters. The van der Waals surface area contributed by atoms with Crippen molar-refractivity contribution in [3.63, 3.8) is 0 Å². The molecule has 0 bridgehead atoms. The number of aryl methyl sites for hydroxylation is 2. The van der Waals surface area contributed by atoms with Gasteiger partial charge >= 0.3 is 6.03 Å². The summed E-state index contributed by atoms with van der Waals surface area (Å²) in [5.74, 6) is -0.351. The average Bonchev–Trinajstić information content (AvgIpc) is 3.15. The summed E-state index contributed by atoms with van der Waals surface area (Å²) in [6, 6.07) is 14.7. The largest absolute Gasteiger partial charge is 0.329 e. The number of hydrogen-bond donors (Lipinski definition) is 1. The van der Waals surface area contributed by atoms with Crippen molar-refractivity contribution >= 4 is 41.2 Å². The van der Waals surface area contributed by atoms with E-state index in [0.29, 0.717) is 10.0 Å². The monoisotopic (exact) mass is 453 g/mol. The number of carbonyl (C=O) groups excluding carboxylic acids is 2. The minimum absolute atomic E-state index is 0.222. The molecule has 1 fully saturated rings. The number of imide groups is 1. The standard InChI is InChI=1S/C24H21Cl2N3O2/c1-14-7-9-17(10-8-14)13-28-23(30)20(27-24(28)31)12-18-11-15(2)29(16(18)3)21-6-4-5-19(25)22(21)26/h4-12H,13H2,1-3H3,(H,27,31)/b20-12+. The Morgan fingerprint density at radius 3 is 2.42 bits per heavy atom. The van der Waals surface area contributed by atoms with Crippen LogP contribution in [0.25, 0.3) is 11.8 Å². The van der Waals surface area contributed by atoms with Gasteiger partial charge in [0.15, 0.2) is 0 Å². The van der Waals surface area contributed by atoms with Gasteiger partial charge in [-0.15, -0.1) is 0 Å². The first-order chi connectivity index (χ1) is 14.8. The van der Waals surface area contributed by atoms with Crippen LogP contribution in [0.1, 0.15) is 28.1 Å². The zero-order chi connectivity index (χ0) is 22.3. The van der Waals surface area contributed by atoms with Gasteiger partial charge in [-0.25, -0.2) is 4.79 Å². The van der Waals surface area contributed by atoms with Crippen LogP contribution in [0.15, 0.2) is 54.2 Å². The zero-order valence-electron chi connectivity index (χ0n) is 17.4. The molecule has 5 nitrogen and oxygen atoms in total.